The highest BCUT2D eigenvalue weighted by molar-refractivity contribution is 14.1. The first-order valence-electron chi connectivity index (χ1n) is 4.31. The topological polar surface area (TPSA) is 3.24 Å². The summed E-state index contributed by atoms with van der Waals surface area (Å²) in [5, 5.41) is 0. The minimum absolute atomic E-state index is 0.652. The average Bonchev–Trinajstić information content (AvgIpc) is 2.39. The van der Waals surface area contributed by atoms with Gasteiger partial charge in [-0.3, -0.25) is 0 Å². The van der Waals surface area contributed by atoms with Gasteiger partial charge in [-0.25, -0.2) is 0 Å². The van der Waals surface area contributed by atoms with E-state index in [4.69, 9.17) is 0 Å². The van der Waals surface area contributed by atoms with E-state index in [1.165, 1.54) is 23.9 Å². The van der Waals surface area contributed by atoms with Gasteiger partial charge in [-0.15, -0.1) is 0 Å². The van der Waals surface area contributed by atoms with Gasteiger partial charge in [0, 0.05) is 17.5 Å². The Labute approximate surface area is 83.7 Å². The fourth-order valence-corrected chi connectivity index (χ4v) is 2.32. The van der Waals surface area contributed by atoms with Gasteiger partial charge in [0.15, 0.2) is 0 Å². The molecule has 11 heavy (non-hydrogen) atoms. The Balaban J connectivity index is 2.13. The van der Waals surface area contributed by atoms with Crippen molar-refractivity contribution in [1.29, 1.82) is 0 Å². The standard InChI is InChI=1S/C9H18IN/c1-9(2)6-8(9)7-11(3)5-4-10/h8H,4-7H2,1-3H3/t8-/m0/s1. The highest BCUT2D eigenvalue weighted by Gasteiger charge is 2.45. The molecule has 0 unspecified atom stereocenters. The minimum atomic E-state index is 0.652. The van der Waals surface area contributed by atoms with Gasteiger partial charge in [-0.2, -0.15) is 0 Å². The first-order valence-corrected chi connectivity index (χ1v) is 5.83. The molecule has 0 aliphatic heterocycles. The van der Waals surface area contributed by atoms with Crippen LogP contribution in [0.1, 0.15) is 20.3 Å². The van der Waals surface area contributed by atoms with Crippen LogP contribution in [0, 0.1) is 11.3 Å². The predicted octanol–water partition coefficient (Wildman–Crippen LogP) is 2.40. The van der Waals surface area contributed by atoms with E-state index >= 15 is 0 Å². The molecule has 0 spiro atoms. The van der Waals surface area contributed by atoms with Crippen molar-refractivity contribution >= 4 is 22.6 Å². The van der Waals surface area contributed by atoms with Gasteiger partial charge in [0.1, 0.15) is 0 Å². The molecule has 1 fully saturated rings. The highest BCUT2D eigenvalue weighted by Crippen LogP contribution is 2.51. The van der Waals surface area contributed by atoms with Crippen molar-refractivity contribution in [3.63, 3.8) is 0 Å². The van der Waals surface area contributed by atoms with Crippen molar-refractivity contribution in [2.24, 2.45) is 11.3 Å². The lowest BCUT2D eigenvalue weighted by atomic mass is 10.1. The maximum absolute atomic E-state index is 2.45. The third kappa shape index (κ3) is 2.90. The predicted molar refractivity (Wildman–Crippen MR) is 58.3 cm³/mol. The van der Waals surface area contributed by atoms with Crippen molar-refractivity contribution < 1.29 is 0 Å². The van der Waals surface area contributed by atoms with Crippen LogP contribution in [0.4, 0.5) is 0 Å². The van der Waals surface area contributed by atoms with Crippen LogP contribution in [0.5, 0.6) is 0 Å². The van der Waals surface area contributed by atoms with Crippen LogP contribution >= 0.6 is 22.6 Å². The van der Waals surface area contributed by atoms with E-state index in [-0.39, 0.29) is 0 Å². The molecule has 1 atom stereocenters. The molecule has 0 aromatic carbocycles. The SMILES string of the molecule is CN(CCI)C[C@@H]1CC1(C)C. The summed E-state index contributed by atoms with van der Waals surface area (Å²) < 4.78 is 1.25. The van der Waals surface area contributed by atoms with Crippen LogP contribution < -0.4 is 0 Å². The van der Waals surface area contributed by atoms with Gasteiger partial charge in [0.25, 0.3) is 0 Å². The zero-order chi connectivity index (χ0) is 8.48. The largest absolute Gasteiger partial charge is 0.305 e. The van der Waals surface area contributed by atoms with Gasteiger partial charge in [-0.05, 0) is 24.8 Å². The molecule has 1 rings (SSSR count). The van der Waals surface area contributed by atoms with Gasteiger partial charge in [0.2, 0.25) is 0 Å². The van der Waals surface area contributed by atoms with Crippen molar-refractivity contribution in [3.05, 3.63) is 0 Å². The molecule has 1 saturated carbocycles. The summed E-state index contributed by atoms with van der Waals surface area (Å²) in [6.45, 7) is 7.29. The fourth-order valence-electron chi connectivity index (χ4n) is 1.50. The Kier molecular flexibility index (Phi) is 3.20. The van der Waals surface area contributed by atoms with E-state index in [1.54, 1.807) is 0 Å². The lowest BCUT2D eigenvalue weighted by molar-refractivity contribution is 0.321. The third-order valence-electron chi connectivity index (χ3n) is 2.72. The molecular formula is C9H18IN. The molecule has 0 radical (unpaired) electrons. The fraction of sp³-hybridized carbons (Fsp3) is 1.00. The number of hydrogen-bond acceptors (Lipinski definition) is 1. The summed E-state index contributed by atoms with van der Waals surface area (Å²) in [7, 11) is 2.23. The van der Waals surface area contributed by atoms with Gasteiger partial charge < -0.3 is 4.90 Å². The quantitative estimate of drug-likeness (QED) is 0.558. The number of hydrogen-bond donors (Lipinski definition) is 0. The molecule has 0 saturated heterocycles. The molecule has 66 valence electrons. The summed E-state index contributed by atoms with van der Waals surface area (Å²) in [5.74, 6) is 0.968. The molecule has 0 aromatic heterocycles. The Bertz CT molecular complexity index is 134. The van der Waals surface area contributed by atoms with E-state index in [0.717, 1.165) is 5.92 Å². The highest BCUT2D eigenvalue weighted by atomic mass is 127. The number of rotatable bonds is 4. The number of halogens is 1. The summed E-state index contributed by atoms with van der Waals surface area (Å²) in [6.07, 6.45) is 1.43. The third-order valence-corrected chi connectivity index (χ3v) is 3.20. The second-order valence-corrected chi connectivity index (χ2v) is 5.42. The van der Waals surface area contributed by atoms with E-state index in [2.05, 4.69) is 48.4 Å². The molecule has 0 bridgehead atoms. The van der Waals surface area contributed by atoms with Gasteiger partial charge in [-0.1, -0.05) is 36.4 Å². The monoisotopic (exact) mass is 267 g/mol. The Hall–Kier alpha value is 0.690. The van der Waals surface area contributed by atoms with Crippen molar-refractivity contribution in [1.82, 2.24) is 4.90 Å². The smallest absolute Gasteiger partial charge is 0.0123 e. The van der Waals surface area contributed by atoms with Crippen LogP contribution in [0.15, 0.2) is 0 Å². The Morgan fingerprint density at radius 3 is 2.45 bits per heavy atom. The summed E-state index contributed by atoms with van der Waals surface area (Å²) >= 11 is 2.44. The van der Waals surface area contributed by atoms with Gasteiger partial charge >= 0.3 is 0 Å². The summed E-state index contributed by atoms with van der Waals surface area (Å²) in [5.41, 5.74) is 0.652. The lowest BCUT2D eigenvalue weighted by Crippen LogP contribution is -2.24. The zero-order valence-electron chi connectivity index (χ0n) is 7.73. The van der Waals surface area contributed by atoms with Crippen molar-refractivity contribution in [2.75, 3.05) is 24.6 Å². The maximum Gasteiger partial charge on any atom is 0.0123 e. The van der Waals surface area contributed by atoms with Crippen LogP contribution in [0.3, 0.4) is 0 Å². The molecule has 2 heteroatoms. The zero-order valence-corrected chi connectivity index (χ0v) is 9.89. The molecule has 1 aliphatic carbocycles. The molecule has 0 aromatic rings. The second kappa shape index (κ2) is 3.60. The lowest BCUT2D eigenvalue weighted by Gasteiger charge is -2.15. The Morgan fingerprint density at radius 2 is 2.09 bits per heavy atom. The van der Waals surface area contributed by atoms with Crippen molar-refractivity contribution in [2.45, 2.75) is 20.3 Å². The van der Waals surface area contributed by atoms with Crippen LogP contribution in [0.25, 0.3) is 0 Å². The normalized spacial score (nSPS) is 27.5. The second-order valence-electron chi connectivity index (χ2n) is 4.34. The number of nitrogens with zero attached hydrogens (tertiary/aromatic N) is 1. The van der Waals surface area contributed by atoms with Crippen LogP contribution in [-0.2, 0) is 0 Å². The van der Waals surface area contributed by atoms with E-state index in [9.17, 15) is 0 Å². The molecule has 1 nitrogen and oxygen atoms in total. The number of alkyl halides is 1. The van der Waals surface area contributed by atoms with E-state index in [1.807, 2.05) is 0 Å². The summed E-state index contributed by atoms with van der Waals surface area (Å²) in [4.78, 5) is 2.45. The molecule has 1 aliphatic rings. The first-order chi connectivity index (χ1) is 5.06. The van der Waals surface area contributed by atoms with E-state index < -0.39 is 0 Å². The average molecular weight is 267 g/mol. The Morgan fingerprint density at radius 1 is 1.55 bits per heavy atom. The minimum Gasteiger partial charge on any atom is -0.305 e. The molecular weight excluding hydrogens is 249 g/mol. The molecule has 0 N–H and O–H groups in total. The maximum atomic E-state index is 2.45. The van der Waals surface area contributed by atoms with Crippen LogP contribution in [0.2, 0.25) is 0 Å². The molecule has 0 amide bonds. The van der Waals surface area contributed by atoms with Gasteiger partial charge in [0.05, 0.1) is 0 Å². The van der Waals surface area contributed by atoms with Crippen LogP contribution in [-0.4, -0.2) is 29.5 Å². The molecule has 0 heterocycles. The van der Waals surface area contributed by atoms with E-state index in [0.29, 0.717) is 5.41 Å². The van der Waals surface area contributed by atoms with Crippen molar-refractivity contribution in [3.8, 4) is 0 Å². The first kappa shape index (κ1) is 9.78. The summed E-state index contributed by atoms with van der Waals surface area (Å²) in [6, 6.07) is 0.